The highest BCUT2D eigenvalue weighted by Crippen LogP contribution is 2.39. The van der Waals surface area contributed by atoms with Crippen molar-refractivity contribution in [2.45, 2.75) is 39.3 Å². The smallest absolute Gasteiger partial charge is 0.251 e. The molecule has 0 aliphatic carbocycles. The van der Waals surface area contributed by atoms with E-state index in [1.54, 1.807) is 17.0 Å². The fourth-order valence-corrected chi connectivity index (χ4v) is 3.52. The number of rotatable bonds is 4. The lowest BCUT2D eigenvalue weighted by Crippen LogP contribution is -2.43. The van der Waals surface area contributed by atoms with Gasteiger partial charge in [-0.25, -0.2) is 9.37 Å². The predicted octanol–water partition coefficient (Wildman–Crippen LogP) is 3.27. The van der Waals surface area contributed by atoms with Crippen molar-refractivity contribution in [1.29, 1.82) is 0 Å². The van der Waals surface area contributed by atoms with Crippen LogP contribution in [0.3, 0.4) is 0 Å². The van der Waals surface area contributed by atoms with Gasteiger partial charge in [0.2, 0.25) is 5.91 Å². The average molecular weight is 370 g/mol. The van der Waals surface area contributed by atoms with Crippen molar-refractivity contribution in [2.75, 3.05) is 16.8 Å². The molecule has 27 heavy (non-hydrogen) atoms. The lowest BCUT2D eigenvalue weighted by Gasteiger charge is -2.39. The minimum Gasteiger partial charge on any atom is -0.363 e. The molecule has 2 amide bonds. The lowest BCUT2D eigenvalue weighted by atomic mass is 9.90. The Balaban J connectivity index is 2.01. The van der Waals surface area contributed by atoms with E-state index in [2.05, 4.69) is 15.6 Å². The molecule has 3 rings (SSSR count). The molecular weight excluding hydrogens is 347 g/mol. The van der Waals surface area contributed by atoms with Crippen LogP contribution in [0, 0.1) is 5.82 Å². The summed E-state index contributed by atoms with van der Waals surface area (Å²) in [4.78, 5) is 30.2. The van der Waals surface area contributed by atoms with Gasteiger partial charge in [0.05, 0.1) is 12.2 Å². The van der Waals surface area contributed by atoms with Crippen molar-refractivity contribution in [3.63, 3.8) is 0 Å². The Hall–Kier alpha value is -2.96. The molecule has 6 nitrogen and oxygen atoms in total. The standard InChI is InChI=1S/C20H23FN4O2/c1-4-22-20(27)14-5-7-18-16(10-14)17(9-12(2)25(18)13(3)26)24-19-8-6-15(21)11-23-19/h5-8,10-12,17H,4,9H2,1-3H3,(H,22,27)(H,23,24)/t12-,17+/m0/s1. The predicted molar refractivity (Wildman–Crippen MR) is 102 cm³/mol. The first kappa shape index (κ1) is 18.8. The summed E-state index contributed by atoms with van der Waals surface area (Å²) in [6.45, 7) is 5.91. The van der Waals surface area contributed by atoms with Crippen LogP contribution in [-0.4, -0.2) is 29.4 Å². The summed E-state index contributed by atoms with van der Waals surface area (Å²) in [7, 11) is 0. The molecule has 0 saturated carbocycles. The second-order valence-corrected chi connectivity index (χ2v) is 6.67. The number of carbonyl (C=O) groups excluding carboxylic acids is 2. The Labute approximate surface area is 157 Å². The average Bonchev–Trinajstić information content (AvgIpc) is 2.63. The van der Waals surface area contributed by atoms with E-state index in [0.717, 1.165) is 17.4 Å². The summed E-state index contributed by atoms with van der Waals surface area (Å²) >= 11 is 0. The number of anilines is 2. The van der Waals surface area contributed by atoms with Gasteiger partial charge in [0.1, 0.15) is 11.6 Å². The number of amides is 2. The van der Waals surface area contributed by atoms with Gasteiger partial charge in [-0.05, 0) is 56.2 Å². The summed E-state index contributed by atoms with van der Waals surface area (Å²) in [6.07, 6.45) is 1.80. The molecule has 1 aromatic carbocycles. The molecule has 2 aromatic rings. The van der Waals surface area contributed by atoms with Crippen LogP contribution < -0.4 is 15.5 Å². The summed E-state index contributed by atoms with van der Waals surface area (Å²) in [6, 6.07) is 8.08. The minimum absolute atomic E-state index is 0.0248. The lowest BCUT2D eigenvalue weighted by molar-refractivity contribution is -0.117. The molecule has 7 heteroatoms. The highest BCUT2D eigenvalue weighted by molar-refractivity contribution is 5.97. The quantitative estimate of drug-likeness (QED) is 0.866. The SMILES string of the molecule is CCNC(=O)c1ccc2c(c1)[C@H](Nc1ccc(F)cn1)C[C@H](C)N2C(C)=O. The van der Waals surface area contributed by atoms with Gasteiger partial charge in [0, 0.05) is 30.8 Å². The highest BCUT2D eigenvalue weighted by Gasteiger charge is 2.33. The molecule has 0 saturated heterocycles. The van der Waals surface area contributed by atoms with Crippen LogP contribution in [0.15, 0.2) is 36.5 Å². The fourth-order valence-electron chi connectivity index (χ4n) is 3.52. The van der Waals surface area contributed by atoms with E-state index in [-0.39, 0.29) is 23.9 Å². The number of pyridine rings is 1. The normalized spacial score (nSPS) is 18.6. The van der Waals surface area contributed by atoms with E-state index in [0.29, 0.717) is 24.3 Å². The second-order valence-electron chi connectivity index (χ2n) is 6.67. The van der Waals surface area contributed by atoms with Crippen molar-refractivity contribution in [3.8, 4) is 0 Å². The van der Waals surface area contributed by atoms with Crippen molar-refractivity contribution in [1.82, 2.24) is 10.3 Å². The minimum atomic E-state index is -0.403. The maximum atomic E-state index is 13.1. The first-order valence-corrected chi connectivity index (χ1v) is 9.00. The monoisotopic (exact) mass is 370 g/mol. The van der Waals surface area contributed by atoms with E-state index in [1.807, 2.05) is 26.0 Å². The number of hydrogen-bond acceptors (Lipinski definition) is 4. The Morgan fingerprint density at radius 1 is 1.30 bits per heavy atom. The third-order valence-corrected chi connectivity index (χ3v) is 4.67. The molecule has 142 valence electrons. The van der Waals surface area contributed by atoms with Gasteiger partial charge in [-0.1, -0.05) is 0 Å². The van der Waals surface area contributed by atoms with E-state index in [4.69, 9.17) is 0 Å². The maximum absolute atomic E-state index is 13.1. The molecule has 0 spiro atoms. The Bertz CT molecular complexity index is 854. The van der Waals surface area contributed by atoms with Crippen LogP contribution in [0.4, 0.5) is 15.9 Å². The highest BCUT2D eigenvalue weighted by atomic mass is 19.1. The molecule has 2 atom stereocenters. The van der Waals surface area contributed by atoms with Crippen LogP contribution in [0.25, 0.3) is 0 Å². The molecule has 2 heterocycles. The number of carbonyl (C=O) groups is 2. The Morgan fingerprint density at radius 2 is 2.07 bits per heavy atom. The zero-order valence-corrected chi connectivity index (χ0v) is 15.6. The number of nitrogens with one attached hydrogen (secondary N) is 2. The molecule has 1 aliphatic heterocycles. The molecule has 2 N–H and O–H groups in total. The first-order valence-electron chi connectivity index (χ1n) is 9.00. The molecule has 0 bridgehead atoms. The van der Waals surface area contributed by atoms with Crippen molar-refractivity contribution >= 4 is 23.3 Å². The van der Waals surface area contributed by atoms with Crippen LogP contribution in [0.1, 0.15) is 49.2 Å². The number of hydrogen-bond donors (Lipinski definition) is 2. The van der Waals surface area contributed by atoms with E-state index in [9.17, 15) is 14.0 Å². The van der Waals surface area contributed by atoms with Gasteiger partial charge < -0.3 is 15.5 Å². The van der Waals surface area contributed by atoms with Gasteiger partial charge >= 0.3 is 0 Å². The third kappa shape index (κ3) is 3.92. The van der Waals surface area contributed by atoms with E-state index < -0.39 is 5.82 Å². The largest absolute Gasteiger partial charge is 0.363 e. The molecule has 1 aromatic heterocycles. The van der Waals surface area contributed by atoms with E-state index in [1.165, 1.54) is 13.0 Å². The van der Waals surface area contributed by atoms with Crippen molar-refractivity contribution in [3.05, 3.63) is 53.5 Å². The summed E-state index contributed by atoms with van der Waals surface area (Å²) in [5, 5.41) is 6.09. The van der Waals surface area contributed by atoms with E-state index >= 15 is 0 Å². The topological polar surface area (TPSA) is 74.3 Å². The van der Waals surface area contributed by atoms with Gasteiger partial charge in [0.15, 0.2) is 0 Å². The zero-order valence-electron chi connectivity index (χ0n) is 15.6. The van der Waals surface area contributed by atoms with Crippen LogP contribution in [-0.2, 0) is 4.79 Å². The van der Waals surface area contributed by atoms with Crippen LogP contribution >= 0.6 is 0 Å². The fraction of sp³-hybridized carbons (Fsp3) is 0.350. The second kappa shape index (κ2) is 7.73. The van der Waals surface area contributed by atoms with Crippen molar-refractivity contribution in [2.24, 2.45) is 0 Å². The number of benzene rings is 1. The van der Waals surface area contributed by atoms with Crippen LogP contribution in [0.2, 0.25) is 0 Å². The summed E-state index contributed by atoms with van der Waals surface area (Å²) in [5.41, 5.74) is 2.15. The number of halogens is 1. The molecule has 1 aliphatic rings. The first-order chi connectivity index (χ1) is 12.9. The number of fused-ring (bicyclic) bond motifs is 1. The number of aromatic nitrogens is 1. The molecule has 0 radical (unpaired) electrons. The summed E-state index contributed by atoms with van der Waals surface area (Å²) in [5.74, 6) is -0.0710. The van der Waals surface area contributed by atoms with Crippen molar-refractivity contribution < 1.29 is 14.0 Å². The third-order valence-electron chi connectivity index (χ3n) is 4.67. The van der Waals surface area contributed by atoms with Gasteiger partial charge in [0.25, 0.3) is 5.91 Å². The molecular formula is C20H23FN4O2. The Kier molecular flexibility index (Phi) is 5.39. The maximum Gasteiger partial charge on any atom is 0.251 e. The number of nitrogens with zero attached hydrogens (tertiary/aromatic N) is 2. The zero-order chi connectivity index (χ0) is 19.6. The van der Waals surface area contributed by atoms with Gasteiger partial charge in [-0.2, -0.15) is 0 Å². The Morgan fingerprint density at radius 3 is 2.70 bits per heavy atom. The molecule has 0 fully saturated rings. The van der Waals surface area contributed by atoms with Gasteiger partial charge in [-0.3, -0.25) is 9.59 Å². The van der Waals surface area contributed by atoms with Crippen LogP contribution in [0.5, 0.6) is 0 Å². The van der Waals surface area contributed by atoms with Gasteiger partial charge in [-0.15, -0.1) is 0 Å². The molecule has 0 unspecified atom stereocenters. The summed E-state index contributed by atoms with van der Waals surface area (Å²) < 4.78 is 13.1.